The van der Waals surface area contributed by atoms with E-state index in [1.807, 2.05) is 55.6 Å². The summed E-state index contributed by atoms with van der Waals surface area (Å²) < 4.78 is 33.3. The second-order valence-corrected chi connectivity index (χ2v) is 11.3. The molecule has 1 aliphatic heterocycles. The quantitative estimate of drug-likeness (QED) is 0.397. The van der Waals surface area contributed by atoms with Crippen LogP contribution in [-0.2, 0) is 10.0 Å². The van der Waals surface area contributed by atoms with Gasteiger partial charge in [-0.3, -0.25) is 0 Å². The maximum absolute atomic E-state index is 13.1. The van der Waals surface area contributed by atoms with Crippen molar-refractivity contribution in [2.75, 3.05) is 13.1 Å². The van der Waals surface area contributed by atoms with Crippen LogP contribution in [0.5, 0.6) is 0 Å². The topological polar surface area (TPSA) is 89.2 Å². The third-order valence-electron chi connectivity index (χ3n) is 5.89. The van der Waals surface area contributed by atoms with Gasteiger partial charge in [0.1, 0.15) is 0 Å². The lowest BCUT2D eigenvalue weighted by Crippen LogP contribution is -2.39. The highest BCUT2D eigenvalue weighted by Crippen LogP contribution is 2.31. The second kappa shape index (κ2) is 8.81. The van der Waals surface area contributed by atoms with Gasteiger partial charge in [0.2, 0.25) is 21.7 Å². The predicted molar refractivity (Wildman–Crippen MR) is 127 cm³/mol. The number of hydrogen-bond acceptors (Lipinski definition) is 7. The number of nitrogens with zero attached hydrogens (tertiary/aromatic N) is 4. The Morgan fingerprint density at radius 1 is 1.00 bits per heavy atom. The van der Waals surface area contributed by atoms with Crippen LogP contribution < -0.4 is 0 Å². The van der Waals surface area contributed by atoms with Crippen LogP contribution in [0.4, 0.5) is 0 Å². The number of rotatable bonds is 5. The van der Waals surface area contributed by atoms with Gasteiger partial charge in [0, 0.05) is 29.6 Å². The Hall–Kier alpha value is -2.88. The predicted octanol–water partition coefficient (Wildman–Crippen LogP) is 5.05. The van der Waals surface area contributed by atoms with Crippen molar-refractivity contribution in [3.63, 3.8) is 0 Å². The Morgan fingerprint density at radius 2 is 1.73 bits per heavy atom. The first kappa shape index (κ1) is 21.9. The third kappa shape index (κ3) is 4.48. The normalized spacial score (nSPS) is 17.3. The fourth-order valence-corrected chi connectivity index (χ4v) is 6.17. The van der Waals surface area contributed by atoms with Crippen molar-refractivity contribution in [1.82, 2.24) is 19.4 Å². The molecule has 5 rings (SSSR count). The van der Waals surface area contributed by atoms with Crippen molar-refractivity contribution in [2.45, 2.75) is 37.5 Å². The number of hydrogen-bond donors (Lipinski definition) is 0. The van der Waals surface area contributed by atoms with E-state index in [-0.39, 0.29) is 5.92 Å². The summed E-state index contributed by atoms with van der Waals surface area (Å²) in [6.07, 6.45) is 1.55. The lowest BCUT2D eigenvalue weighted by atomic mass is 10.00. The second-order valence-electron chi connectivity index (χ2n) is 8.30. The molecule has 9 heteroatoms. The molecule has 33 heavy (non-hydrogen) atoms. The standard InChI is InChI=1S/C24H24N4O3S2/c1-16-5-11-21(12-6-16)33(29,30)28-13-3-4-20(14-28)24-26-23(27-31-24)19-9-7-18(8-10-19)22-15-32-17(2)25-22/h5-12,15,20H,3-4,13-14H2,1-2H3/t20-/m0/s1. The van der Waals surface area contributed by atoms with Gasteiger partial charge in [-0.1, -0.05) is 47.1 Å². The Labute approximate surface area is 197 Å². The largest absolute Gasteiger partial charge is 0.339 e. The highest BCUT2D eigenvalue weighted by atomic mass is 32.2. The van der Waals surface area contributed by atoms with Gasteiger partial charge in [0.25, 0.3) is 0 Å². The fourth-order valence-electron chi connectivity index (χ4n) is 4.03. The maximum atomic E-state index is 13.1. The van der Waals surface area contributed by atoms with Crippen LogP contribution in [0.15, 0.2) is 63.3 Å². The summed E-state index contributed by atoms with van der Waals surface area (Å²) in [5, 5.41) is 7.22. The van der Waals surface area contributed by atoms with Crippen molar-refractivity contribution in [1.29, 1.82) is 0 Å². The van der Waals surface area contributed by atoms with Crippen LogP contribution >= 0.6 is 11.3 Å². The minimum absolute atomic E-state index is 0.127. The molecule has 4 aromatic rings. The number of sulfonamides is 1. The molecule has 170 valence electrons. The lowest BCUT2D eigenvalue weighted by molar-refractivity contribution is 0.265. The fraction of sp³-hybridized carbons (Fsp3) is 0.292. The van der Waals surface area contributed by atoms with E-state index in [4.69, 9.17) is 4.52 Å². The van der Waals surface area contributed by atoms with Crippen LogP contribution in [0, 0.1) is 13.8 Å². The van der Waals surface area contributed by atoms with Gasteiger partial charge < -0.3 is 4.52 Å². The number of thiazole rings is 1. The maximum Gasteiger partial charge on any atom is 0.243 e. The zero-order valence-electron chi connectivity index (χ0n) is 18.4. The van der Waals surface area contributed by atoms with E-state index in [1.165, 1.54) is 4.31 Å². The van der Waals surface area contributed by atoms with Crippen LogP contribution in [0.1, 0.15) is 35.2 Å². The van der Waals surface area contributed by atoms with E-state index in [9.17, 15) is 8.42 Å². The van der Waals surface area contributed by atoms with E-state index in [1.54, 1.807) is 23.5 Å². The number of piperidine rings is 1. The molecule has 1 atom stereocenters. The van der Waals surface area contributed by atoms with Gasteiger partial charge in [-0.15, -0.1) is 11.3 Å². The molecule has 1 saturated heterocycles. The van der Waals surface area contributed by atoms with Crippen LogP contribution in [0.3, 0.4) is 0 Å². The van der Waals surface area contributed by atoms with Gasteiger partial charge in [-0.05, 0) is 38.8 Å². The minimum atomic E-state index is -3.56. The lowest BCUT2D eigenvalue weighted by Gasteiger charge is -2.30. The number of aryl methyl sites for hydroxylation is 2. The molecule has 3 heterocycles. The molecule has 2 aromatic carbocycles. The van der Waals surface area contributed by atoms with E-state index in [2.05, 4.69) is 15.1 Å². The van der Waals surface area contributed by atoms with E-state index < -0.39 is 10.0 Å². The van der Waals surface area contributed by atoms with Crippen molar-refractivity contribution in [3.8, 4) is 22.6 Å². The SMILES string of the molecule is Cc1ccc(S(=O)(=O)N2CCC[C@H](c3nc(-c4ccc(-c5csc(C)n5)cc4)no3)C2)cc1. The zero-order valence-corrected chi connectivity index (χ0v) is 20.1. The molecule has 0 amide bonds. The van der Waals surface area contributed by atoms with Crippen molar-refractivity contribution < 1.29 is 12.9 Å². The summed E-state index contributed by atoms with van der Waals surface area (Å²) in [7, 11) is -3.56. The van der Waals surface area contributed by atoms with E-state index >= 15 is 0 Å². The van der Waals surface area contributed by atoms with Crippen LogP contribution in [-0.4, -0.2) is 40.9 Å². The van der Waals surface area contributed by atoms with Crippen LogP contribution in [0.25, 0.3) is 22.6 Å². The molecule has 0 radical (unpaired) electrons. The minimum Gasteiger partial charge on any atom is -0.339 e. The van der Waals surface area contributed by atoms with Crippen molar-refractivity contribution in [2.24, 2.45) is 0 Å². The highest BCUT2D eigenvalue weighted by molar-refractivity contribution is 7.89. The zero-order chi connectivity index (χ0) is 23.0. The average molecular weight is 481 g/mol. The van der Waals surface area contributed by atoms with Gasteiger partial charge in [-0.25, -0.2) is 13.4 Å². The molecule has 0 saturated carbocycles. The van der Waals surface area contributed by atoms with Gasteiger partial charge in [0.05, 0.1) is 21.5 Å². The third-order valence-corrected chi connectivity index (χ3v) is 8.54. The van der Waals surface area contributed by atoms with Gasteiger partial charge >= 0.3 is 0 Å². The summed E-state index contributed by atoms with van der Waals surface area (Å²) in [6.45, 7) is 4.75. The van der Waals surface area contributed by atoms with Crippen molar-refractivity contribution in [3.05, 3.63) is 70.4 Å². The summed E-state index contributed by atoms with van der Waals surface area (Å²) in [5.74, 6) is 0.856. The highest BCUT2D eigenvalue weighted by Gasteiger charge is 2.33. The molecule has 0 bridgehead atoms. The average Bonchev–Trinajstić information content (AvgIpc) is 3.49. The molecule has 7 nitrogen and oxygen atoms in total. The Bertz CT molecular complexity index is 1360. The summed E-state index contributed by atoms with van der Waals surface area (Å²) in [5.41, 5.74) is 3.87. The first-order valence-electron chi connectivity index (χ1n) is 10.8. The summed E-state index contributed by atoms with van der Waals surface area (Å²) in [4.78, 5) is 9.43. The molecular weight excluding hydrogens is 456 g/mol. The van der Waals surface area contributed by atoms with Gasteiger partial charge in [-0.2, -0.15) is 9.29 Å². The Kier molecular flexibility index (Phi) is 5.86. The molecule has 0 unspecified atom stereocenters. The molecule has 2 aromatic heterocycles. The molecular formula is C24H24N4O3S2. The van der Waals surface area contributed by atoms with E-state index in [0.29, 0.717) is 29.7 Å². The molecule has 0 aliphatic carbocycles. The molecule has 1 fully saturated rings. The molecule has 1 aliphatic rings. The first-order valence-corrected chi connectivity index (χ1v) is 13.2. The molecule has 0 spiro atoms. The van der Waals surface area contributed by atoms with Gasteiger partial charge in [0.15, 0.2) is 0 Å². The molecule has 0 N–H and O–H groups in total. The Balaban J connectivity index is 1.32. The summed E-state index contributed by atoms with van der Waals surface area (Å²) in [6, 6.07) is 14.9. The summed E-state index contributed by atoms with van der Waals surface area (Å²) >= 11 is 1.62. The van der Waals surface area contributed by atoms with Crippen molar-refractivity contribution >= 4 is 21.4 Å². The number of benzene rings is 2. The van der Waals surface area contributed by atoms with Crippen LogP contribution in [0.2, 0.25) is 0 Å². The first-order chi connectivity index (χ1) is 15.9. The van der Waals surface area contributed by atoms with E-state index in [0.717, 1.165) is 40.2 Å². The number of aromatic nitrogens is 3. The Morgan fingerprint density at radius 3 is 2.42 bits per heavy atom. The monoisotopic (exact) mass is 480 g/mol. The smallest absolute Gasteiger partial charge is 0.243 e.